The minimum absolute atomic E-state index is 0.178. The van der Waals surface area contributed by atoms with Crippen molar-refractivity contribution in [3.63, 3.8) is 0 Å². The van der Waals surface area contributed by atoms with Crippen molar-refractivity contribution in [3.05, 3.63) is 33.2 Å². The third kappa shape index (κ3) is 5.83. The number of hydrogen-bond acceptors (Lipinski definition) is 6. The van der Waals surface area contributed by atoms with Crippen LogP contribution < -0.4 is 5.32 Å². The van der Waals surface area contributed by atoms with Gasteiger partial charge in [0.05, 0.1) is 13.2 Å². The van der Waals surface area contributed by atoms with Gasteiger partial charge in [0.25, 0.3) is 5.91 Å². The molecule has 0 radical (unpaired) electrons. The summed E-state index contributed by atoms with van der Waals surface area (Å²) in [6.07, 6.45) is -0.115. The predicted molar refractivity (Wildman–Crippen MR) is 110 cm³/mol. The fraction of sp³-hybridized carbons (Fsp3) is 0.421. The van der Waals surface area contributed by atoms with Crippen molar-refractivity contribution in [2.45, 2.75) is 44.9 Å². The molecule has 0 unspecified atom stereocenters. The molecule has 12 heteroatoms. The van der Waals surface area contributed by atoms with Crippen LogP contribution in [0.5, 0.6) is 0 Å². The number of nitrogens with one attached hydrogen (secondary N) is 1. The van der Waals surface area contributed by atoms with E-state index in [9.17, 15) is 18.0 Å². The number of ether oxygens (including phenoxy) is 1. The number of amides is 1. The average Bonchev–Trinajstić information content (AvgIpc) is 3.32. The maximum atomic E-state index is 13.0. The molecule has 4 rings (SSSR count). The highest BCUT2D eigenvalue weighted by molar-refractivity contribution is 7.18. The number of alkyl halides is 3. The Kier molecular flexibility index (Phi) is 7.34. The summed E-state index contributed by atoms with van der Waals surface area (Å²) in [7, 11) is 0. The van der Waals surface area contributed by atoms with Gasteiger partial charge >= 0.3 is 12.3 Å². The molecule has 2 aliphatic rings. The monoisotopic (exact) mass is 476 g/mol. The van der Waals surface area contributed by atoms with Crippen LogP contribution >= 0.6 is 22.7 Å². The second-order valence-corrected chi connectivity index (χ2v) is 8.72. The Labute approximate surface area is 183 Å². The average molecular weight is 476 g/mol. The first-order valence-corrected chi connectivity index (χ1v) is 11.0. The number of carbonyl (C=O) groups is 2. The lowest BCUT2D eigenvalue weighted by molar-refractivity contribution is -0.140. The fourth-order valence-corrected chi connectivity index (χ4v) is 5.44. The lowest BCUT2D eigenvalue weighted by Gasteiger charge is -2.14. The van der Waals surface area contributed by atoms with Gasteiger partial charge in [0, 0.05) is 21.4 Å². The molecule has 0 saturated carbocycles. The van der Waals surface area contributed by atoms with Crippen molar-refractivity contribution in [2.24, 2.45) is 0 Å². The highest BCUT2D eigenvalue weighted by atomic mass is 32.1. The number of aromatic nitrogens is 1. The molecular weight excluding hydrogens is 457 g/mol. The standard InChI is InChI=1S/C18H17F3N2O2S2.CH2O3/c19-18(20,21)13-9-26-16(22-13)14-11-6-7-25-8-12(11)27-17(14)23-15(24)10-4-2-1-3-5-10;2-1(3)4/h4,9H,1-3,5-8H2,(H,23,24);(H2,2,3,4). The van der Waals surface area contributed by atoms with Gasteiger partial charge in [-0.15, -0.1) is 22.7 Å². The first-order valence-electron chi connectivity index (χ1n) is 9.34. The molecule has 1 aliphatic heterocycles. The van der Waals surface area contributed by atoms with Crippen LogP contribution in [0.15, 0.2) is 17.0 Å². The minimum Gasteiger partial charge on any atom is -0.450 e. The molecule has 0 atom stereocenters. The molecular formula is C19H19F3N2O5S2. The van der Waals surface area contributed by atoms with Gasteiger partial charge in [0.2, 0.25) is 0 Å². The number of nitrogens with zero attached hydrogens (tertiary/aromatic N) is 1. The molecule has 0 spiro atoms. The molecule has 1 amide bonds. The number of fused-ring (bicyclic) bond motifs is 1. The van der Waals surface area contributed by atoms with Gasteiger partial charge in [0.1, 0.15) is 10.0 Å². The summed E-state index contributed by atoms with van der Waals surface area (Å²) < 4.78 is 44.4. The van der Waals surface area contributed by atoms with Crippen LogP contribution in [0.1, 0.15) is 41.8 Å². The number of thiophene rings is 1. The zero-order chi connectivity index (χ0) is 22.6. The van der Waals surface area contributed by atoms with E-state index in [4.69, 9.17) is 19.7 Å². The number of hydrogen-bond donors (Lipinski definition) is 3. The first-order chi connectivity index (χ1) is 14.7. The van der Waals surface area contributed by atoms with E-state index in [0.29, 0.717) is 30.2 Å². The number of carboxylic acid groups (broad SMARTS) is 2. The normalized spacial score (nSPS) is 15.9. The molecule has 3 N–H and O–H groups in total. The van der Waals surface area contributed by atoms with E-state index in [-0.39, 0.29) is 10.9 Å². The number of allylic oxidation sites excluding steroid dienone is 1. The Bertz CT molecular complexity index is 993. The Balaban J connectivity index is 0.000000628. The van der Waals surface area contributed by atoms with Crippen molar-refractivity contribution >= 4 is 39.7 Å². The topological polar surface area (TPSA) is 109 Å². The molecule has 0 fully saturated rings. The van der Waals surface area contributed by atoms with Crippen LogP contribution in [0.2, 0.25) is 0 Å². The quantitative estimate of drug-likeness (QED) is 0.530. The third-order valence-corrected chi connectivity index (χ3v) is 6.62. The van der Waals surface area contributed by atoms with Crippen molar-refractivity contribution in [1.82, 2.24) is 4.98 Å². The molecule has 2 aromatic heterocycles. The molecule has 168 valence electrons. The smallest absolute Gasteiger partial charge is 0.450 e. The number of carbonyl (C=O) groups excluding carboxylic acids is 1. The van der Waals surface area contributed by atoms with Crippen LogP contribution in [0.3, 0.4) is 0 Å². The highest BCUT2D eigenvalue weighted by Crippen LogP contribution is 2.45. The van der Waals surface area contributed by atoms with E-state index in [0.717, 1.165) is 58.4 Å². The van der Waals surface area contributed by atoms with Crippen molar-refractivity contribution in [2.75, 3.05) is 11.9 Å². The first kappa shape index (κ1) is 23.2. The largest absolute Gasteiger partial charge is 0.503 e. The number of halogens is 3. The summed E-state index contributed by atoms with van der Waals surface area (Å²) in [5, 5.41) is 18.7. The Morgan fingerprint density at radius 2 is 1.94 bits per heavy atom. The van der Waals surface area contributed by atoms with E-state index >= 15 is 0 Å². The Hall–Kier alpha value is -2.44. The summed E-state index contributed by atoms with van der Waals surface area (Å²) in [5.74, 6) is -0.178. The number of thiazole rings is 1. The third-order valence-electron chi connectivity index (χ3n) is 4.64. The summed E-state index contributed by atoms with van der Waals surface area (Å²) in [6.45, 7) is 0.913. The van der Waals surface area contributed by atoms with Crippen molar-refractivity contribution < 1.29 is 37.7 Å². The van der Waals surface area contributed by atoms with Gasteiger partial charge in [0.15, 0.2) is 5.69 Å². The van der Waals surface area contributed by atoms with Gasteiger partial charge in [-0.25, -0.2) is 9.78 Å². The molecule has 7 nitrogen and oxygen atoms in total. The molecule has 1 aliphatic carbocycles. The van der Waals surface area contributed by atoms with Crippen LogP contribution in [-0.2, 0) is 28.7 Å². The highest BCUT2D eigenvalue weighted by Gasteiger charge is 2.35. The molecule has 31 heavy (non-hydrogen) atoms. The van der Waals surface area contributed by atoms with Gasteiger partial charge in [-0.2, -0.15) is 13.2 Å². The fourth-order valence-electron chi connectivity index (χ4n) is 3.29. The lowest BCUT2D eigenvalue weighted by atomic mass is 9.99. The lowest BCUT2D eigenvalue weighted by Crippen LogP contribution is -2.15. The van der Waals surface area contributed by atoms with Gasteiger partial charge in [-0.1, -0.05) is 6.08 Å². The predicted octanol–water partition coefficient (Wildman–Crippen LogP) is 5.62. The van der Waals surface area contributed by atoms with E-state index in [2.05, 4.69) is 10.3 Å². The molecule has 0 saturated heterocycles. The number of anilines is 1. The van der Waals surface area contributed by atoms with E-state index in [1.165, 1.54) is 11.3 Å². The molecule has 0 bridgehead atoms. The van der Waals surface area contributed by atoms with Gasteiger partial charge < -0.3 is 20.3 Å². The Morgan fingerprint density at radius 3 is 2.55 bits per heavy atom. The maximum absolute atomic E-state index is 13.0. The molecule has 3 heterocycles. The molecule has 0 aromatic carbocycles. The molecule has 2 aromatic rings. The maximum Gasteiger partial charge on any atom is 0.503 e. The number of rotatable bonds is 3. The van der Waals surface area contributed by atoms with Gasteiger partial charge in [-0.05, 0) is 37.7 Å². The zero-order valence-electron chi connectivity index (χ0n) is 16.1. The van der Waals surface area contributed by atoms with E-state index in [1.54, 1.807) is 0 Å². The second-order valence-electron chi connectivity index (χ2n) is 6.76. The zero-order valence-corrected chi connectivity index (χ0v) is 17.8. The van der Waals surface area contributed by atoms with Crippen LogP contribution in [0.25, 0.3) is 10.6 Å². The van der Waals surface area contributed by atoms with Crippen LogP contribution in [0.4, 0.5) is 23.0 Å². The summed E-state index contributed by atoms with van der Waals surface area (Å²) in [4.78, 5) is 25.9. The van der Waals surface area contributed by atoms with Crippen molar-refractivity contribution in [1.29, 1.82) is 0 Å². The minimum atomic E-state index is -4.48. The summed E-state index contributed by atoms with van der Waals surface area (Å²) in [5.41, 5.74) is 1.39. The van der Waals surface area contributed by atoms with E-state index < -0.39 is 18.0 Å². The van der Waals surface area contributed by atoms with Crippen LogP contribution in [-0.4, -0.2) is 33.9 Å². The van der Waals surface area contributed by atoms with Crippen molar-refractivity contribution in [3.8, 4) is 10.6 Å². The van der Waals surface area contributed by atoms with E-state index in [1.807, 2.05) is 6.08 Å². The summed E-state index contributed by atoms with van der Waals surface area (Å²) >= 11 is 2.32. The Morgan fingerprint density at radius 1 is 1.19 bits per heavy atom. The SMILES string of the molecule is O=C(Nc1sc2c(c1-c1nc(C(F)(F)F)cs1)CCOC2)C1=CCCCC1.O=C(O)O. The second kappa shape index (κ2) is 9.79. The summed E-state index contributed by atoms with van der Waals surface area (Å²) in [6, 6.07) is 0. The van der Waals surface area contributed by atoms with Gasteiger partial charge in [-0.3, -0.25) is 4.79 Å². The van der Waals surface area contributed by atoms with Crippen LogP contribution in [0, 0.1) is 0 Å².